The van der Waals surface area contributed by atoms with Crippen molar-refractivity contribution in [3.05, 3.63) is 65.2 Å². The number of hydrogen-bond donors (Lipinski definition) is 2. The minimum Gasteiger partial charge on any atom is -0.464 e. The van der Waals surface area contributed by atoms with Crippen LogP contribution >= 0.6 is 0 Å². The second kappa shape index (κ2) is 9.57. The predicted molar refractivity (Wildman–Crippen MR) is 124 cm³/mol. The second-order valence-electron chi connectivity index (χ2n) is 8.21. The van der Waals surface area contributed by atoms with E-state index in [2.05, 4.69) is 10.6 Å². The summed E-state index contributed by atoms with van der Waals surface area (Å²) in [5.41, 5.74) is 0.483. The number of urea groups is 1. The molecule has 1 fully saturated rings. The number of ketones is 1. The minimum atomic E-state index is -1.60. The second-order valence-corrected chi connectivity index (χ2v) is 8.21. The first kappa shape index (κ1) is 23.9. The fourth-order valence-electron chi connectivity index (χ4n) is 4.46. The first-order valence-corrected chi connectivity index (χ1v) is 11.2. The number of Topliss-reactive ketones (excluding diaryl/α,β-unsaturated/α-hetero) is 1. The number of nitrogens with zero attached hydrogens (tertiary/aromatic N) is 1. The van der Waals surface area contributed by atoms with Gasteiger partial charge in [0, 0.05) is 36.7 Å². The topological polar surface area (TPSA) is 131 Å². The van der Waals surface area contributed by atoms with Gasteiger partial charge in [-0.2, -0.15) is 0 Å². The third kappa shape index (κ3) is 4.34. The SMILES string of the molecule is CCOC(=O)[C@@H](CC(=O)c1ccccc1)N1C(=O)OC2(CCc3cc(NC(=O)NC)ccc32)C1=O. The van der Waals surface area contributed by atoms with Crippen LogP contribution in [0.3, 0.4) is 0 Å². The quantitative estimate of drug-likeness (QED) is 0.461. The summed E-state index contributed by atoms with van der Waals surface area (Å²) in [6.45, 7) is 1.61. The van der Waals surface area contributed by atoms with Crippen LogP contribution in [-0.4, -0.2) is 54.4 Å². The lowest BCUT2D eigenvalue weighted by Gasteiger charge is -2.24. The van der Waals surface area contributed by atoms with E-state index in [1.807, 2.05) is 0 Å². The van der Waals surface area contributed by atoms with E-state index < -0.39 is 47.8 Å². The van der Waals surface area contributed by atoms with Gasteiger partial charge in [0.05, 0.1) is 6.61 Å². The summed E-state index contributed by atoms with van der Waals surface area (Å²) < 4.78 is 10.7. The molecule has 0 saturated carbocycles. The number of carbonyl (C=O) groups excluding carboxylic acids is 5. The molecule has 2 N–H and O–H groups in total. The van der Waals surface area contributed by atoms with Crippen molar-refractivity contribution in [2.24, 2.45) is 0 Å². The molecule has 2 aromatic carbocycles. The Kier molecular flexibility index (Phi) is 6.54. The zero-order valence-electron chi connectivity index (χ0n) is 19.3. The van der Waals surface area contributed by atoms with Crippen LogP contribution < -0.4 is 10.6 Å². The summed E-state index contributed by atoms with van der Waals surface area (Å²) in [4.78, 5) is 64.6. The number of carbonyl (C=O) groups is 5. The van der Waals surface area contributed by atoms with Gasteiger partial charge in [0.25, 0.3) is 5.91 Å². The van der Waals surface area contributed by atoms with Crippen LogP contribution in [-0.2, 0) is 31.1 Å². The van der Waals surface area contributed by atoms with Crippen molar-refractivity contribution in [3.8, 4) is 0 Å². The number of aryl methyl sites for hydroxylation is 1. The maximum atomic E-state index is 13.7. The summed E-state index contributed by atoms with van der Waals surface area (Å²) in [5.74, 6) is -1.99. The highest BCUT2D eigenvalue weighted by Crippen LogP contribution is 2.46. The molecule has 2 atom stereocenters. The van der Waals surface area contributed by atoms with Gasteiger partial charge in [-0.15, -0.1) is 0 Å². The number of nitrogens with one attached hydrogen (secondary N) is 2. The number of hydrogen-bond acceptors (Lipinski definition) is 7. The van der Waals surface area contributed by atoms with E-state index in [9.17, 15) is 24.0 Å². The zero-order chi connectivity index (χ0) is 25.2. The molecule has 0 bridgehead atoms. The third-order valence-corrected chi connectivity index (χ3v) is 6.14. The van der Waals surface area contributed by atoms with Crippen LogP contribution in [0.15, 0.2) is 48.5 Å². The van der Waals surface area contributed by atoms with Gasteiger partial charge in [0.15, 0.2) is 5.78 Å². The molecule has 1 spiro atoms. The van der Waals surface area contributed by atoms with Gasteiger partial charge >= 0.3 is 18.1 Å². The zero-order valence-corrected chi connectivity index (χ0v) is 19.3. The average Bonchev–Trinajstić information content (AvgIpc) is 3.34. The highest BCUT2D eigenvalue weighted by molar-refractivity contribution is 6.08. The first-order valence-electron chi connectivity index (χ1n) is 11.2. The molecule has 2 aromatic rings. The predicted octanol–water partition coefficient (Wildman–Crippen LogP) is 2.76. The largest absolute Gasteiger partial charge is 0.464 e. The lowest BCUT2D eigenvalue weighted by Crippen LogP contribution is -2.48. The lowest BCUT2D eigenvalue weighted by molar-refractivity contribution is -0.153. The van der Waals surface area contributed by atoms with E-state index >= 15 is 0 Å². The molecule has 4 amide bonds. The van der Waals surface area contributed by atoms with Gasteiger partial charge in [-0.1, -0.05) is 36.4 Å². The number of rotatable bonds is 7. The van der Waals surface area contributed by atoms with Gasteiger partial charge in [0.1, 0.15) is 6.04 Å². The summed E-state index contributed by atoms with van der Waals surface area (Å²) in [6, 6.07) is 11.4. The van der Waals surface area contributed by atoms with Crippen molar-refractivity contribution in [3.63, 3.8) is 0 Å². The summed E-state index contributed by atoms with van der Waals surface area (Å²) >= 11 is 0. The Hall–Kier alpha value is -4.21. The smallest absolute Gasteiger partial charge is 0.418 e. The highest BCUT2D eigenvalue weighted by atomic mass is 16.6. The fourth-order valence-corrected chi connectivity index (χ4v) is 4.46. The molecule has 182 valence electrons. The standard InChI is InChI=1S/C25H25N3O7/c1-3-34-21(30)19(14-20(29)15-7-5-4-6-8-15)28-22(31)25(35-24(28)33)12-11-16-13-17(9-10-18(16)25)27-23(32)26-2/h4-10,13,19H,3,11-12,14H2,1-2H3,(H2,26,27,32)/t19-,25?/m1/s1. The molecule has 0 radical (unpaired) electrons. The fraction of sp³-hybridized carbons (Fsp3) is 0.320. The molecule has 10 nitrogen and oxygen atoms in total. The molecule has 2 aliphatic rings. The molecule has 1 aliphatic carbocycles. The average molecular weight is 479 g/mol. The van der Waals surface area contributed by atoms with Crippen molar-refractivity contribution in [1.29, 1.82) is 0 Å². The summed E-state index contributed by atoms with van der Waals surface area (Å²) in [6.07, 6.45) is -0.843. The molecule has 0 aromatic heterocycles. The van der Waals surface area contributed by atoms with Crippen LogP contribution in [0, 0.1) is 0 Å². The van der Waals surface area contributed by atoms with Gasteiger partial charge in [-0.05, 0) is 31.0 Å². The van der Waals surface area contributed by atoms with E-state index in [4.69, 9.17) is 9.47 Å². The van der Waals surface area contributed by atoms with Crippen LogP contribution in [0.25, 0.3) is 0 Å². The molecule has 1 heterocycles. The van der Waals surface area contributed by atoms with Gasteiger partial charge < -0.3 is 20.1 Å². The van der Waals surface area contributed by atoms with Crippen molar-refractivity contribution >= 4 is 35.5 Å². The Balaban J connectivity index is 1.64. The van der Waals surface area contributed by atoms with Crippen LogP contribution in [0.4, 0.5) is 15.3 Å². The maximum Gasteiger partial charge on any atom is 0.418 e. The number of amides is 4. The Morgan fingerprint density at radius 1 is 1.14 bits per heavy atom. The molecule has 1 unspecified atom stereocenters. The molecular formula is C25H25N3O7. The first-order chi connectivity index (χ1) is 16.8. The van der Waals surface area contributed by atoms with Gasteiger partial charge in [-0.25, -0.2) is 19.3 Å². The van der Waals surface area contributed by atoms with Crippen LogP contribution in [0.2, 0.25) is 0 Å². The minimum absolute atomic E-state index is 0.0149. The normalized spacial score (nSPS) is 19.2. The Labute approximate surface area is 201 Å². The number of ether oxygens (including phenoxy) is 2. The summed E-state index contributed by atoms with van der Waals surface area (Å²) in [5, 5.41) is 5.12. The number of benzene rings is 2. The van der Waals surface area contributed by atoms with E-state index in [1.54, 1.807) is 55.5 Å². The molecular weight excluding hydrogens is 454 g/mol. The number of anilines is 1. The number of esters is 1. The van der Waals surface area contributed by atoms with E-state index in [0.29, 0.717) is 28.1 Å². The van der Waals surface area contributed by atoms with Gasteiger partial charge in [-0.3, -0.25) is 9.59 Å². The van der Waals surface area contributed by atoms with Crippen molar-refractivity contribution < 1.29 is 33.4 Å². The Bertz CT molecular complexity index is 1200. The molecule has 10 heteroatoms. The van der Waals surface area contributed by atoms with E-state index in [0.717, 1.165) is 5.56 Å². The monoisotopic (exact) mass is 479 g/mol. The molecule has 4 rings (SSSR count). The Morgan fingerprint density at radius 3 is 2.57 bits per heavy atom. The molecule has 1 saturated heterocycles. The molecule has 35 heavy (non-hydrogen) atoms. The van der Waals surface area contributed by atoms with Crippen molar-refractivity contribution in [2.45, 2.75) is 37.8 Å². The van der Waals surface area contributed by atoms with Crippen LogP contribution in [0.5, 0.6) is 0 Å². The third-order valence-electron chi connectivity index (χ3n) is 6.14. The van der Waals surface area contributed by atoms with E-state index in [-0.39, 0.29) is 13.0 Å². The number of imide groups is 1. The van der Waals surface area contributed by atoms with Crippen LogP contribution in [0.1, 0.15) is 41.3 Å². The highest BCUT2D eigenvalue weighted by Gasteiger charge is 2.60. The Morgan fingerprint density at radius 2 is 1.89 bits per heavy atom. The van der Waals surface area contributed by atoms with E-state index in [1.165, 1.54) is 7.05 Å². The van der Waals surface area contributed by atoms with Crippen molar-refractivity contribution in [1.82, 2.24) is 10.2 Å². The summed E-state index contributed by atoms with van der Waals surface area (Å²) in [7, 11) is 1.49. The number of fused-ring (bicyclic) bond motifs is 2. The molecule has 1 aliphatic heterocycles. The lowest BCUT2D eigenvalue weighted by atomic mass is 9.93. The maximum absolute atomic E-state index is 13.7. The van der Waals surface area contributed by atoms with Gasteiger partial charge in [0.2, 0.25) is 5.60 Å². The van der Waals surface area contributed by atoms with Crippen molar-refractivity contribution in [2.75, 3.05) is 19.0 Å².